The molecule has 0 spiro atoms. The minimum Gasteiger partial charge on any atom is -0.338 e. The van der Waals surface area contributed by atoms with Crippen LogP contribution in [0.4, 0.5) is 13.2 Å². The third-order valence-corrected chi connectivity index (χ3v) is 4.76. The molecule has 0 aromatic carbocycles. The maximum absolute atomic E-state index is 12.8. The summed E-state index contributed by atoms with van der Waals surface area (Å²) in [5, 5.41) is 3.54. The Morgan fingerprint density at radius 1 is 1.43 bits per heavy atom. The van der Waals surface area contributed by atoms with Gasteiger partial charge in [-0.2, -0.15) is 18.3 Å². The van der Waals surface area contributed by atoms with Crippen LogP contribution in [-0.2, 0) is 17.5 Å². The molecule has 4 nitrogen and oxygen atoms in total. The molecule has 0 N–H and O–H groups in total. The van der Waals surface area contributed by atoms with Gasteiger partial charge in [0.1, 0.15) is 6.54 Å². The van der Waals surface area contributed by atoms with Gasteiger partial charge >= 0.3 is 6.18 Å². The predicted molar refractivity (Wildman–Crippen MR) is 74.7 cm³/mol. The van der Waals surface area contributed by atoms with Gasteiger partial charge in [-0.3, -0.25) is 9.48 Å². The Morgan fingerprint density at radius 2 is 2.10 bits per heavy atom. The number of halogens is 4. The van der Waals surface area contributed by atoms with E-state index >= 15 is 0 Å². The van der Waals surface area contributed by atoms with Gasteiger partial charge in [0.25, 0.3) is 0 Å². The normalized spacial score (nSPS) is 19.9. The van der Waals surface area contributed by atoms with Crippen molar-refractivity contribution in [1.82, 2.24) is 14.7 Å². The molecule has 8 heteroatoms. The Labute approximate surface area is 129 Å². The summed E-state index contributed by atoms with van der Waals surface area (Å²) in [7, 11) is 0. The number of alkyl halides is 3. The fraction of sp³-hybridized carbons (Fsp3) is 0.692. The lowest BCUT2D eigenvalue weighted by Crippen LogP contribution is -2.43. The number of carbonyl (C=O) groups excluding carboxylic acids is 1. The summed E-state index contributed by atoms with van der Waals surface area (Å²) < 4.78 is 39.4. The molecule has 0 saturated carbocycles. The van der Waals surface area contributed by atoms with Crippen LogP contribution in [0.25, 0.3) is 0 Å². The molecule has 1 fully saturated rings. The minimum absolute atomic E-state index is 0.102. The summed E-state index contributed by atoms with van der Waals surface area (Å²) in [6.45, 7) is 3.97. The lowest BCUT2D eigenvalue weighted by Gasteiger charge is -2.33. The Hall–Kier alpha value is -1.05. The van der Waals surface area contributed by atoms with Crippen molar-refractivity contribution in [2.75, 3.05) is 6.54 Å². The van der Waals surface area contributed by atoms with Gasteiger partial charge in [-0.15, -0.1) is 0 Å². The molecular formula is C13H17BrF3N3O. The van der Waals surface area contributed by atoms with Crippen LogP contribution < -0.4 is 0 Å². The first kappa shape index (κ1) is 16.3. The molecule has 1 atom stereocenters. The van der Waals surface area contributed by atoms with E-state index in [1.165, 1.54) is 6.92 Å². The lowest BCUT2D eigenvalue weighted by atomic mass is 10.0. The quantitative estimate of drug-likeness (QED) is 0.803. The van der Waals surface area contributed by atoms with Crippen molar-refractivity contribution in [1.29, 1.82) is 0 Å². The Morgan fingerprint density at radius 3 is 2.62 bits per heavy atom. The standard InChI is InChI=1S/C13H17BrF3N3O/c1-8-5-3-4-6-19(8)10(21)7-20-9(2)11(14)12(18-20)13(15,16)17/h8H,3-7H2,1-2H3/t8-/m1/s1. The molecular weight excluding hydrogens is 351 g/mol. The number of rotatable bonds is 2. The average Bonchev–Trinajstić information content (AvgIpc) is 2.67. The number of carbonyl (C=O) groups is 1. The van der Waals surface area contributed by atoms with Crippen molar-refractivity contribution in [3.8, 4) is 0 Å². The van der Waals surface area contributed by atoms with E-state index in [4.69, 9.17) is 0 Å². The molecule has 118 valence electrons. The van der Waals surface area contributed by atoms with E-state index in [1.807, 2.05) is 6.92 Å². The van der Waals surface area contributed by atoms with Crippen LogP contribution in [0.1, 0.15) is 37.6 Å². The van der Waals surface area contributed by atoms with Crippen LogP contribution in [0.2, 0.25) is 0 Å². The summed E-state index contributed by atoms with van der Waals surface area (Å²) in [5.41, 5.74) is -0.681. The van der Waals surface area contributed by atoms with Crippen LogP contribution in [0.5, 0.6) is 0 Å². The second-order valence-corrected chi connectivity index (χ2v) is 6.13. The van der Waals surface area contributed by atoms with Crippen LogP contribution in [0.15, 0.2) is 4.47 Å². The maximum Gasteiger partial charge on any atom is 0.436 e. The van der Waals surface area contributed by atoms with Crippen molar-refractivity contribution < 1.29 is 18.0 Å². The molecule has 2 heterocycles. The topological polar surface area (TPSA) is 38.1 Å². The Balaban J connectivity index is 2.18. The molecule has 2 rings (SSSR count). The highest BCUT2D eigenvalue weighted by Gasteiger charge is 2.38. The zero-order valence-electron chi connectivity index (χ0n) is 11.9. The number of aromatic nitrogens is 2. The van der Waals surface area contributed by atoms with Gasteiger partial charge < -0.3 is 4.90 Å². The molecule has 1 aromatic rings. The summed E-state index contributed by atoms with van der Waals surface area (Å²) in [6.07, 6.45) is -1.58. The van der Waals surface area contributed by atoms with E-state index in [9.17, 15) is 18.0 Å². The van der Waals surface area contributed by atoms with E-state index in [0.717, 1.165) is 23.9 Å². The number of likely N-dealkylation sites (tertiary alicyclic amines) is 1. The number of hydrogen-bond donors (Lipinski definition) is 0. The van der Waals surface area contributed by atoms with Gasteiger partial charge in [-0.1, -0.05) is 0 Å². The molecule has 1 aliphatic rings. The number of amides is 1. The Bertz CT molecular complexity index is 541. The van der Waals surface area contributed by atoms with Gasteiger partial charge in [-0.25, -0.2) is 0 Å². The zero-order valence-corrected chi connectivity index (χ0v) is 13.5. The van der Waals surface area contributed by atoms with E-state index < -0.39 is 11.9 Å². The smallest absolute Gasteiger partial charge is 0.338 e. The second-order valence-electron chi connectivity index (χ2n) is 5.34. The fourth-order valence-electron chi connectivity index (χ4n) is 2.55. The highest BCUT2D eigenvalue weighted by molar-refractivity contribution is 9.10. The third-order valence-electron chi connectivity index (χ3n) is 3.81. The first-order valence-corrected chi connectivity index (χ1v) is 7.60. The van der Waals surface area contributed by atoms with Gasteiger partial charge in [0.15, 0.2) is 5.69 Å². The van der Waals surface area contributed by atoms with E-state index in [1.54, 1.807) is 4.90 Å². The molecule has 0 bridgehead atoms. The molecule has 1 saturated heterocycles. The molecule has 21 heavy (non-hydrogen) atoms. The number of piperidine rings is 1. The maximum atomic E-state index is 12.8. The third kappa shape index (κ3) is 3.41. The second kappa shape index (κ2) is 5.98. The minimum atomic E-state index is -4.53. The first-order valence-electron chi connectivity index (χ1n) is 6.81. The van der Waals surface area contributed by atoms with E-state index in [-0.39, 0.29) is 23.0 Å². The average molecular weight is 368 g/mol. The van der Waals surface area contributed by atoms with Crippen molar-refractivity contribution in [3.05, 3.63) is 15.9 Å². The van der Waals surface area contributed by atoms with Gasteiger partial charge in [0.05, 0.1) is 10.2 Å². The molecule has 0 aliphatic carbocycles. The molecule has 1 amide bonds. The summed E-state index contributed by atoms with van der Waals surface area (Å²) in [5.74, 6) is -0.186. The predicted octanol–water partition coefficient (Wildman–Crippen LogP) is 3.37. The van der Waals surface area contributed by atoms with Crippen LogP contribution >= 0.6 is 15.9 Å². The van der Waals surface area contributed by atoms with Crippen LogP contribution in [0, 0.1) is 6.92 Å². The molecule has 0 unspecified atom stereocenters. The van der Waals surface area contributed by atoms with Gasteiger partial charge in [0, 0.05) is 12.6 Å². The van der Waals surface area contributed by atoms with Crippen molar-refractivity contribution in [2.45, 2.75) is 51.9 Å². The Kier molecular flexibility index (Phi) is 4.65. The molecule has 0 radical (unpaired) electrons. The SMILES string of the molecule is Cc1c(Br)c(C(F)(F)F)nn1CC(=O)N1CCCC[C@H]1C. The monoisotopic (exact) mass is 367 g/mol. The van der Waals surface area contributed by atoms with E-state index in [0.29, 0.717) is 12.2 Å². The molecule has 1 aliphatic heterocycles. The largest absolute Gasteiger partial charge is 0.436 e. The van der Waals surface area contributed by atoms with Crippen molar-refractivity contribution in [3.63, 3.8) is 0 Å². The first-order chi connectivity index (χ1) is 9.71. The number of nitrogens with zero attached hydrogens (tertiary/aromatic N) is 3. The van der Waals surface area contributed by atoms with Crippen molar-refractivity contribution in [2.24, 2.45) is 0 Å². The van der Waals surface area contributed by atoms with Gasteiger partial charge in [-0.05, 0) is 49.0 Å². The summed E-state index contributed by atoms with van der Waals surface area (Å²) in [6, 6.07) is 0.132. The zero-order chi connectivity index (χ0) is 15.8. The van der Waals surface area contributed by atoms with Crippen molar-refractivity contribution >= 4 is 21.8 Å². The van der Waals surface area contributed by atoms with Crippen LogP contribution in [-0.4, -0.2) is 33.2 Å². The highest BCUT2D eigenvalue weighted by atomic mass is 79.9. The van der Waals surface area contributed by atoms with E-state index in [2.05, 4.69) is 21.0 Å². The lowest BCUT2D eigenvalue weighted by molar-refractivity contribution is -0.143. The highest BCUT2D eigenvalue weighted by Crippen LogP contribution is 2.35. The summed E-state index contributed by atoms with van der Waals surface area (Å²) >= 11 is 2.91. The molecule has 1 aromatic heterocycles. The van der Waals surface area contributed by atoms with Crippen LogP contribution in [0.3, 0.4) is 0 Å². The van der Waals surface area contributed by atoms with Gasteiger partial charge in [0.2, 0.25) is 5.91 Å². The fourth-order valence-corrected chi connectivity index (χ4v) is 3.06. The summed E-state index contributed by atoms with van der Waals surface area (Å²) in [4.78, 5) is 14.0. The number of hydrogen-bond acceptors (Lipinski definition) is 2.